The highest BCUT2D eigenvalue weighted by Crippen LogP contribution is 2.17. The van der Waals surface area contributed by atoms with E-state index in [4.69, 9.17) is 0 Å². The maximum atomic E-state index is 11.8. The Morgan fingerprint density at radius 3 is 2.78 bits per heavy atom. The average molecular weight is 253 g/mol. The number of hydrogen-bond acceptors (Lipinski definition) is 3. The van der Waals surface area contributed by atoms with Crippen LogP contribution in [0.5, 0.6) is 0 Å². The maximum absolute atomic E-state index is 11.8. The molecule has 5 nitrogen and oxygen atoms in total. The highest BCUT2D eigenvalue weighted by atomic mass is 16.2. The first-order valence-electron chi connectivity index (χ1n) is 6.89. The van der Waals surface area contributed by atoms with Crippen molar-refractivity contribution < 1.29 is 9.59 Å². The topological polar surface area (TPSA) is 61.4 Å². The summed E-state index contributed by atoms with van der Waals surface area (Å²) in [6.07, 6.45) is 4.38. The molecule has 0 aromatic rings. The minimum atomic E-state index is 0.0167. The summed E-state index contributed by atoms with van der Waals surface area (Å²) in [6.45, 7) is 2.81. The summed E-state index contributed by atoms with van der Waals surface area (Å²) in [7, 11) is 1.78. The number of rotatable bonds is 4. The Morgan fingerprint density at radius 1 is 1.44 bits per heavy atom. The Balaban J connectivity index is 1.64. The van der Waals surface area contributed by atoms with Crippen LogP contribution in [0.4, 0.5) is 0 Å². The maximum Gasteiger partial charge on any atom is 0.224 e. The number of likely N-dealkylation sites (N-methyl/N-ethyl adjacent to an activating group) is 1. The Kier molecular flexibility index (Phi) is 4.58. The van der Waals surface area contributed by atoms with Crippen LogP contribution in [0, 0.1) is 5.92 Å². The highest BCUT2D eigenvalue weighted by Gasteiger charge is 2.27. The lowest BCUT2D eigenvalue weighted by Gasteiger charge is -2.22. The molecule has 1 unspecified atom stereocenters. The van der Waals surface area contributed by atoms with Gasteiger partial charge in [-0.1, -0.05) is 0 Å². The van der Waals surface area contributed by atoms with Gasteiger partial charge in [-0.05, 0) is 38.3 Å². The number of carbonyl (C=O) groups is 2. The van der Waals surface area contributed by atoms with Gasteiger partial charge in [0.15, 0.2) is 0 Å². The second-order valence-corrected chi connectivity index (χ2v) is 5.47. The highest BCUT2D eigenvalue weighted by molar-refractivity contribution is 5.81. The van der Waals surface area contributed by atoms with Crippen molar-refractivity contribution in [1.29, 1.82) is 0 Å². The molecule has 2 rings (SSSR count). The summed E-state index contributed by atoms with van der Waals surface area (Å²) in [4.78, 5) is 24.8. The van der Waals surface area contributed by atoms with Crippen molar-refractivity contribution in [2.75, 3.05) is 26.7 Å². The molecular weight excluding hydrogens is 230 g/mol. The monoisotopic (exact) mass is 253 g/mol. The van der Waals surface area contributed by atoms with Crippen LogP contribution < -0.4 is 10.6 Å². The van der Waals surface area contributed by atoms with Gasteiger partial charge in [0.1, 0.15) is 0 Å². The van der Waals surface area contributed by atoms with Crippen LogP contribution in [-0.4, -0.2) is 49.4 Å². The molecular formula is C13H23N3O2. The normalized spacial score (nSPS) is 25.5. The van der Waals surface area contributed by atoms with E-state index in [1.165, 1.54) is 12.8 Å². The third-order valence-corrected chi connectivity index (χ3v) is 3.94. The molecule has 2 aliphatic rings. The van der Waals surface area contributed by atoms with Crippen molar-refractivity contribution in [3.63, 3.8) is 0 Å². The van der Waals surface area contributed by atoms with Crippen molar-refractivity contribution in [2.45, 2.75) is 38.1 Å². The number of nitrogens with zero attached hydrogens (tertiary/aromatic N) is 1. The Bertz CT molecular complexity index is 313. The molecule has 1 atom stereocenters. The Labute approximate surface area is 108 Å². The van der Waals surface area contributed by atoms with Crippen molar-refractivity contribution in [3.8, 4) is 0 Å². The number of amides is 2. The van der Waals surface area contributed by atoms with Crippen molar-refractivity contribution in [2.24, 2.45) is 5.92 Å². The second kappa shape index (κ2) is 6.18. The number of hydrogen-bond donors (Lipinski definition) is 2. The third kappa shape index (κ3) is 3.70. The van der Waals surface area contributed by atoms with E-state index < -0.39 is 0 Å². The molecule has 102 valence electrons. The number of carbonyl (C=O) groups excluding carboxylic acids is 2. The smallest absolute Gasteiger partial charge is 0.224 e. The van der Waals surface area contributed by atoms with E-state index in [-0.39, 0.29) is 17.9 Å². The summed E-state index contributed by atoms with van der Waals surface area (Å²) < 4.78 is 0. The average Bonchev–Trinajstić information content (AvgIpc) is 2.67. The molecule has 2 amide bonds. The van der Waals surface area contributed by atoms with Crippen molar-refractivity contribution in [1.82, 2.24) is 15.5 Å². The molecule has 2 fully saturated rings. The molecule has 0 radical (unpaired) electrons. The fourth-order valence-corrected chi connectivity index (χ4v) is 2.77. The standard InChI is InChI=1S/C13H23N3O2/c1-16-9-11(8-13(16)18)15-12(17)3-2-10-4-6-14-7-5-10/h10-11,14H,2-9H2,1H3,(H,15,17). The zero-order valence-corrected chi connectivity index (χ0v) is 11.1. The number of piperidine rings is 1. The van der Waals surface area contributed by atoms with Gasteiger partial charge in [-0.2, -0.15) is 0 Å². The summed E-state index contributed by atoms with van der Waals surface area (Å²) >= 11 is 0. The van der Waals surface area contributed by atoms with Gasteiger partial charge in [0.2, 0.25) is 11.8 Å². The molecule has 2 saturated heterocycles. The first kappa shape index (κ1) is 13.3. The van der Waals surface area contributed by atoms with Crippen LogP contribution in [-0.2, 0) is 9.59 Å². The fraction of sp³-hybridized carbons (Fsp3) is 0.846. The van der Waals surface area contributed by atoms with Gasteiger partial charge < -0.3 is 15.5 Å². The van der Waals surface area contributed by atoms with E-state index in [0.29, 0.717) is 25.3 Å². The van der Waals surface area contributed by atoms with Crippen LogP contribution in [0.2, 0.25) is 0 Å². The van der Waals surface area contributed by atoms with Gasteiger partial charge in [0, 0.05) is 26.4 Å². The number of likely N-dealkylation sites (tertiary alicyclic amines) is 1. The Morgan fingerprint density at radius 2 is 2.17 bits per heavy atom. The van der Waals surface area contributed by atoms with Gasteiger partial charge in [-0.15, -0.1) is 0 Å². The van der Waals surface area contributed by atoms with Gasteiger partial charge in [0.25, 0.3) is 0 Å². The summed E-state index contributed by atoms with van der Waals surface area (Å²) in [5.74, 6) is 0.908. The van der Waals surface area contributed by atoms with Crippen molar-refractivity contribution >= 4 is 11.8 Å². The van der Waals surface area contributed by atoms with Gasteiger partial charge in [-0.3, -0.25) is 9.59 Å². The van der Waals surface area contributed by atoms with Crippen LogP contribution in [0.15, 0.2) is 0 Å². The molecule has 0 spiro atoms. The first-order chi connectivity index (χ1) is 8.65. The van der Waals surface area contributed by atoms with Gasteiger partial charge in [-0.25, -0.2) is 0 Å². The molecule has 0 aromatic carbocycles. The van der Waals surface area contributed by atoms with Crippen molar-refractivity contribution in [3.05, 3.63) is 0 Å². The molecule has 2 heterocycles. The summed E-state index contributed by atoms with van der Waals surface area (Å²) in [5.41, 5.74) is 0. The predicted octanol–water partition coefficient (Wildman–Crippen LogP) is 0.113. The van der Waals surface area contributed by atoms with E-state index >= 15 is 0 Å². The van der Waals surface area contributed by atoms with Gasteiger partial charge >= 0.3 is 0 Å². The molecule has 18 heavy (non-hydrogen) atoms. The van der Waals surface area contributed by atoms with E-state index in [1.54, 1.807) is 11.9 Å². The van der Waals surface area contributed by atoms with Crippen LogP contribution in [0.1, 0.15) is 32.1 Å². The quantitative estimate of drug-likeness (QED) is 0.748. The molecule has 0 aliphatic carbocycles. The predicted molar refractivity (Wildman–Crippen MR) is 69.0 cm³/mol. The van der Waals surface area contributed by atoms with E-state index in [0.717, 1.165) is 19.5 Å². The van der Waals surface area contributed by atoms with E-state index in [2.05, 4.69) is 10.6 Å². The largest absolute Gasteiger partial charge is 0.351 e. The molecule has 2 aliphatic heterocycles. The second-order valence-electron chi connectivity index (χ2n) is 5.47. The lowest BCUT2D eigenvalue weighted by Crippen LogP contribution is -2.37. The summed E-state index contributed by atoms with van der Waals surface area (Å²) in [5, 5.41) is 6.29. The first-order valence-corrected chi connectivity index (χ1v) is 6.89. The van der Waals surface area contributed by atoms with Crippen LogP contribution >= 0.6 is 0 Å². The zero-order valence-electron chi connectivity index (χ0n) is 11.1. The SMILES string of the molecule is CN1CC(NC(=O)CCC2CCNCC2)CC1=O. The van der Waals surface area contributed by atoms with Gasteiger partial charge in [0.05, 0.1) is 6.04 Å². The lowest BCUT2D eigenvalue weighted by molar-refractivity contribution is -0.126. The minimum Gasteiger partial charge on any atom is -0.351 e. The molecule has 2 N–H and O–H groups in total. The van der Waals surface area contributed by atoms with Crippen LogP contribution in [0.25, 0.3) is 0 Å². The molecule has 5 heteroatoms. The molecule has 0 aromatic heterocycles. The van der Waals surface area contributed by atoms with Crippen LogP contribution in [0.3, 0.4) is 0 Å². The van der Waals surface area contributed by atoms with E-state index in [1.807, 2.05) is 0 Å². The third-order valence-electron chi connectivity index (χ3n) is 3.94. The van der Waals surface area contributed by atoms with E-state index in [9.17, 15) is 9.59 Å². The Hall–Kier alpha value is -1.10. The molecule has 0 bridgehead atoms. The fourth-order valence-electron chi connectivity index (χ4n) is 2.77. The number of nitrogens with one attached hydrogen (secondary N) is 2. The summed E-state index contributed by atoms with van der Waals surface area (Å²) in [6, 6.07) is 0.0167. The minimum absolute atomic E-state index is 0.0167. The molecule has 0 saturated carbocycles. The lowest BCUT2D eigenvalue weighted by atomic mass is 9.93. The zero-order chi connectivity index (χ0) is 13.0.